The van der Waals surface area contributed by atoms with E-state index in [-0.39, 0.29) is 5.69 Å². The van der Waals surface area contributed by atoms with E-state index in [2.05, 4.69) is 15.2 Å². The van der Waals surface area contributed by atoms with Gasteiger partial charge in [0.2, 0.25) is 0 Å². The summed E-state index contributed by atoms with van der Waals surface area (Å²) >= 11 is 0. The van der Waals surface area contributed by atoms with E-state index in [0.29, 0.717) is 18.9 Å². The monoisotopic (exact) mass is 332 g/mol. The smallest absolute Gasteiger partial charge is 0.343 e. The Balaban J connectivity index is 2.37. The molecule has 0 amide bonds. The third-order valence-electron chi connectivity index (χ3n) is 3.71. The van der Waals surface area contributed by atoms with E-state index in [0.717, 1.165) is 35.2 Å². The molecule has 0 spiro atoms. The fraction of sp³-hybridized carbons (Fsp3) is 0.471. The molecular weight excluding hydrogens is 308 g/mol. The van der Waals surface area contributed by atoms with Gasteiger partial charge < -0.3 is 9.57 Å². The van der Waals surface area contributed by atoms with Crippen molar-refractivity contribution in [1.29, 1.82) is 0 Å². The first kappa shape index (κ1) is 17.8. The highest BCUT2D eigenvalue weighted by Gasteiger charge is 2.14. The summed E-state index contributed by atoms with van der Waals surface area (Å²) in [5.74, 6) is 0.708. The van der Waals surface area contributed by atoms with E-state index in [4.69, 9.17) is 9.57 Å². The number of ether oxygens (including phenoxy) is 1. The van der Waals surface area contributed by atoms with Crippen molar-refractivity contribution in [1.82, 2.24) is 14.8 Å². The van der Waals surface area contributed by atoms with Gasteiger partial charge in [-0.3, -0.25) is 4.98 Å². The van der Waals surface area contributed by atoms with Gasteiger partial charge in [-0.1, -0.05) is 19.0 Å². The number of hydrogen-bond donors (Lipinski definition) is 1. The summed E-state index contributed by atoms with van der Waals surface area (Å²) in [7, 11) is 1.62. The summed E-state index contributed by atoms with van der Waals surface area (Å²) in [5, 5.41) is 8.23. The maximum absolute atomic E-state index is 11.6. The van der Waals surface area contributed by atoms with Gasteiger partial charge in [0.05, 0.1) is 19.4 Å². The molecule has 2 aromatic rings. The maximum atomic E-state index is 11.6. The van der Waals surface area contributed by atoms with Crippen LogP contribution in [0, 0.1) is 6.92 Å². The quantitative estimate of drug-likeness (QED) is 0.457. The van der Waals surface area contributed by atoms with Crippen LogP contribution in [0.5, 0.6) is 5.75 Å². The van der Waals surface area contributed by atoms with Crippen molar-refractivity contribution in [2.24, 2.45) is 5.16 Å². The van der Waals surface area contributed by atoms with Crippen molar-refractivity contribution in [3.8, 4) is 5.75 Å². The third kappa shape index (κ3) is 4.04. The minimum atomic E-state index is -0.235. The van der Waals surface area contributed by atoms with Gasteiger partial charge in [-0.05, 0) is 43.0 Å². The van der Waals surface area contributed by atoms with Crippen LogP contribution in [-0.4, -0.2) is 34.2 Å². The molecule has 130 valence electrons. The number of benzene rings is 1. The molecule has 24 heavy (non-hydrogen) atoms. The number of aromatic nitrogens is 3. The first-order valence-electron chi connectivity index (χ1n) is 8.07. The predicted molar refractivity (Wildman–Crippen MR) is 92.8 cm³/mol. The fourth-order valence-corrected chi connectivity index (χ4v) is 2.37. The summed E-state index contributed by atoms with van der Waals surface area (Å²) in [6, 6.07) is 3.94. The Bertz CT molecular complexity index is 761. The molecule has 1 heterocycles. The molecule has 0 aliphatic rings. The molecule has 1 aromatic carbocycles. The van der Waals surface area contributed by atoms with E-state index in [1.165, 1.54) is 11.0 Å². The third-order valence-corrected chi connectivity index (χ3v) is 3.71. The van der Waals surface area contributed by atoms with Gasteiger partial charge in [0.15, 0.2) is 0 Å². The summed E-state index contributed by atoms with van der Waals surface area (Å²) in [5.41, 5.74) is 3.52. The van der Waals surface area contributed by atoms with Crippen LogP contribution in [0.2, 0.25) is 0 Å². The Morgan fingerprint density at radius 1 is 1.38 bits per heavy atom. The Morgan fingerprint density at radius 2 is 2.17 bits per heavy atom. The summed E-state index contributed by atoms with van der Waals surface area (Å²) in [6.45, 7) is 7.04. The van der Waals surface area contributed by atoms with Crippen LogP contribution in [0.25, 0.3) is 0 Å². The van der Waals surface area contributed by atoms with Gasteiger partial charge in [-0.15, -0.1) is 0 Å². The number of rotatable bonds is 8. The molecule has 0 radical (unpaired) electrons. The van der Waals surface area contributed by atoms with E-state index in [1.54, 1.807) is 7.11 Å². The summed E-state index contributed by atoms with van der Waals surface area (Å²) in [6.07, 6.45) is 3.03. The molecule has 0 unspecified atom stereocenters. The molecule has 0 fully saturated rings. The Hall–Kier alpha value is -2.57. The highest BCUT2D eigenvalue weighted by Crippen LogP contribution is 2.25. The van der Waals surface area contributed by atoms with Crippen LogP contribution in [0.4, 0.5) is 0 Å². The van der Waals surface area contributed by atoms with Crippen molar-refractivity contribution in [2.45, 2.75) is 40.2 Å². The van der Waals surface area contributed by atoms with Gasteiger partial charge >= 0.3 is 5.69 Å². The number of aryl methyl sites for hydroxylation is 1. The zero-order valence-corrected chi connectivity index (χ0v) is 14.6. The van der Waals surface area contributed by atoms with Gasteiger partial charge in [0, 0.05) is 5.56 Å². The average molecular weight is 332 g/mol. The average Bonchev–Trinajstić information content (AvgIpc) is 2.98. The Labute approximate surface area is 141 Å². The number of nitrogens with zero attached hydrogens (tertiary/aromatic N) is 3. The Kier molecular flexibility index (Phi) is 6.17. The summed E-state index contributed by atoms with van der Waals surface area (Å²) in [4.78, 5) is 19.5. The molecule has 2 rings (SSSR count). The second kappa shape index (κ2) is 8.33. The second-order valence-electron chi connectivity index (χ2n) is 5.46. The van der Waals surface area contributed by atoms with Gasteiger partial charge in [-0.2, -0.15) is 5.10 Å². The van der Waals surface area contributed by atoms with Crippen molar-refractivity contribution in [2.75, 3.05) is 13.7 Å². The molecule has 1 N–H and O–H groups in total. The lowest BCUT2D eigenvalue weighted by atomic mass is 9.99. The van der Waals surface area contributed by atoms with Crippen molar-refractivity contribution >= 4 is 5.71 Å². The maximum Gasteiger partial charge on any atom is 0.343 e. The zero-order valence-electron chi connectivity index (χ0n) is 14.6. The predicted octanol–water partition coefficient (Wildman–Crippen LogP) is 2.48. The molecule has 0 aliphatic carbocycles. The highest BCUT2D eigenvalue weighted by molar-refractivity contribution is 6.02. The topological polar surface area (TPSA) is 81.5 Å². The largest absolute Gasteiger partial charge is 0.496 e. The fourth-order valence-electron chi connectivity index (χ4n) is 2.37. The summed E-state index contributed by atoms with van der Waals surface area (Å²) < 4.78 is 6.90. The van der Waals surface area contributed by atoms with Gasteiger partial charge in [-0.25, -0.2) is 9.48 Å². The number of aromatic amines is 1. The molecule has 1 aromatic heterocycles. The van der Waals surface area contributed by atoms with E-state index in [1.807, 2.05) is 32.9 Å². The molecule has 0 atom stereocenters. The van der Waals surface area contributed by atoms with Crippen molar-refractivity contribution in [3.05, 3.63) is 45.6 Å². The lowest BCUT2D eigenvalue weighted by molar-refractivity contribution is 0.144. The molecule has 0 aliphatic heterocycles. The first-order chi connectivity index (χ1) is 11.6. The lowest BCUT2D eigenvalue weighted by Crippen LogP contribution is -2.19. The molecule has 0 saturated carbocycles. The van der Waals surface area contributed by atoms with Gasteiger partial charge in [0.25, 0.3) is 0 Å². The molecule has 0 bridgehead atoms. The number of methoxy groups -OCH3 is 1. The van der Waals surface area contributed by atoms with Crippen molar-refractivity contribution < 1.29 is 9.57 Å². The van der Waals surface area contributed by atoms with E-state index < -0.39 is 0 Å². The molecule has 7 nitrogen and oxygen atoms in total. The van der Waals surface area contributed by atoms with Crippen LogP contribution in [0.1, 0.15) is 43.4 Å². The normalized spacial score (nSPS) is 11.6. The van der Waals surface area contributed by atoms with Crippen LogP contribution >= 0.6 is 0 Å². The standard InChI is InChI=1S/C17H24N4O3/c1-5-7-24-20-15(6-2)14-8-12(3)13(9-16(14)23-4)10-21-17(22)18-11-19-21/h8-9,11H,5-7,10H2,1-4H3,(H,18,19,22)/b20-15+. The molecule has 0 saturated heterocycles. The van der Waals surface area contributed by atoms with Crippen LogP contribution < -0.4 is 10.4 Å². The highest BCUT2D eigenvalue weighted by atomic mass is 16.6. The minimum Gasteiger partial charge on any atom is -0.496 e. The zero-order chi connectivity index (χ0) is 17.5. The second-order valence-corrected chi connectivity index (χ2v) is 5.46. The van der Waals surface area contributed by atoms with Gasteiger partial charge in [0.1, 0.15) is 18.7 Å². The lowest BCUT2D eigenvalue weighted by Gasteiger charge is -2.14. The number of hydrogen-bond acceptors (Lipinski definition) is 5. The van der Waals surface area contributed by atoms with Crippen molar-refractivity contribution in [3.63, 3.8) is 0 Å². The number of nitrogens with one attached hydrogen (secondary N) is 1. The van der Waals surface area contributed by atoms with E-state index in [9.17, 15) is 4.79 Å². The SMILES string of the molecule is CCCO/N=C(\CC)c1cc(C)c(Cn2nc[nH]c2=O)cc1OC. The van der Waals surface area contributed by atoms with Crippen LogP contribution in [0.3, 0.4) is 0 Å². The minimum absolute atomic E-state index is 0.235. The number of oxime groups is 1. The van der Waals surface area contributed by atoms with E-state index >= 15 is 0 Å². The molecular formula is C17H24N4O3. The van der Waals surface area contributed by atoms with Crippen LogP contribution in [0.15, 0.2) is 28.4 Å². The number of H-pyrrole nitrogens is 1. The first-order valence-corrected chi connectivity index (χ1v) is 8.07. The molecule has 7 heteroatoms. The van der Waals surface area contributed by atoms with Crippen LogP contribution in [-0.2, 0) is 11.4 Å². The Morgan fingerprint density at radius 3 is 2.75 bits per heavy atom.